The zero-order valence-corrected chi connectivity index (χ0v) is 17.8. The quantitative estimate of drug-likeness (QED) is 0.513. The third-order valence-corrected chi connectivity index (χ3v) is 8.47. The van der Waals surface area contributed by atoms with Crippen LogP contribution in [0, 0.1) is 0 Å². The first kappa shape index (κ1) is 18.6. The Morgan fingerprint density at radius 2 is 1.86 bits per heavy atom. The van der Waals surface area contributed by atoms with Crippen molar-refractivity contribution in [2.75, 3.05) is 7.05 Å². The van der Waals surface area contributed by atoms with Gasteiger partial charge >= 0.3 is 0 Å². The molecule has 0 bridgehead atoms. The Labute approximate surface area is 174 Å². The first-order chi connectivity index (χ1) is 14.1. The largest absolute Gasteiger partial charge is 0.316 e. The predicted molar refractivity (Wildman–Crippen MR) is 119 cm³/mol. The topological polar surface area (TPSA) is 51.1 Å². The number of rotatable bonds is 4. The lowest BCUT2D eigenvalue weighted by atomic mass is 10.0. The summed E-state index contributed by atoms with van der Waals surface area (Å²) >= 11 is 1.47. The van der Waals surface area contributed by atoms with Crippen molar-refractivity contribution in [2.24, 2.45) is 0 Å². The van der Waals surface area contributed by atoms with Gasteiger partial charge in [-0.15, -0.1) is 11.3 Å². The van der Waals surface area contributed by atoms with Gasteiger partial charge in [0.2, 0.25) is 0 Å². The summed E-state index contributed by atoms with van der Waals surface area (Å²) in [5, 5.41) is 5.76. The van der Waals surface area contributed by atoms with Gasteiger partial charge in [-0.3, -0.25) is 0 Å². The Hall–Kier alpha value is -2.41. The average Bonchev–Trinajstić information content (AvgIpc) is 3.26. The maximum absolute atomic E-state index is 13.9. The monoisotopic (exact) mass is 422 g/mol. The summed E-state index contributed by atoms with van der Waals surface area (Å²) in [6.45, 7) is 0.650. The molecule has 0 aliphatic heterocycles. The van der Waals surface area contributed by atoms with Crippen LogP contribution in [0.25, 0.3) is 21.3 Å². The van der Waals surface area contributed by atoms with Gasteiger partial charge in [-0.1, -0.05) is 42.5 Å². The number of benzene rings is 2. The van der Waals surface area contributed by atoms with E-state index in [1.54, 1.807) is 5.38 Å². The zero-order chi connectivity index (χ0) is 20.0. The molecule has 0 unspecified atom stereocenters. The second-order valence-electron chi connectivity index (χ2n) is 7.42. The summed E-state index contributed by atoms with van der Waals surface area (Å²) < 4.78 is 30.3. The van der Waals surface area contributed by atoms with E-state index >= 15 is 0 Å². The first-order valence-corrected chi connectivity index (χ1v) is 12.1. The van der Waals surface area contributed by atoms with E-state index in [1.165, 1.54) is 20.9 Å². The van der Waals surface area contributed by atoms with E-state index in [0.717, 1.165) is 51.7 Å². The minimum absolute atomic E-state index is 0.383. The fourth-order valence-corrected chi connectivity index (χ4v) is 7.25. The highest BCUT2D eigenvalue weighted by Crippen LogP contribution is 2.39. The van der Waals surface area contributed by atoms with Gasteiger partial charge in [0.1, 0.15) is 4.90 Å². The Kier molecular flexibility index (Phi) is 4.57. The molecule has 1 aliphatic carbocycles. The number of nitrogens with one attached hydrogen (secondary N) is 1. The summed E-state index contributed by atoms with van der Waals surface area (Å²) in [6, 6.07) is 15.9. The molecule has 29 heavy (non-hydrogen) atoms. The summed E-state index contributed by atoms with van der Waals surface area (Å²) in [7, 11) is -1.82. The van der Waals surface area contributed by atoms with Crippen LogP contribution in [0.3, 0.4) is 0 Å². The van der Waals surface area contributed by atoms with Gasteiger partial charge in [-0.2, -0.15) is 0 Å². The molecule has 1 aliphatic rings. The van der Waals surface area contributed by atoms with Crippen LogP contribution in [-0.2, 0) is 29.4 Å². The van der Waals surface area contributed by atoms with Crippen LogP contribution in [0.4, 0.5) is 0 Å². The van der Waals surface area contributed by atoms with Crippen LogP contribution in [0.2, 0.25) is 0 Å². The lowest BCUT2D eigenvalue weighted by Crippen LogP contribution is -2.13. The molecule has 0 saturated carbocycles. The van der Waals surface area contributed by atoms with E-state index in [4.69, 9.17) is 0 Å². The fraction of sp³-hybridized carbons (Fsp3) is 0.217. The lowest BCUT2D eigenvalue weighted by molar-refractivity contribution is 0.589. The molecule has 0 spiro atoms. The Balaban J connectivity index is 1.81. The smallest absolute Gasteiger partial charge is 0.269 e. The Morgan fingerprint density at radius 3 is 2.72 bits per heavy atom. The number of thiophene rings is 1. The van der Waals surface area contributed by atoms with E-state index in [2.05, 4.69) is 17.4 Å². The van der Waals surface area contributed by atoms with Crippen molar-refractivity contribution in [3.05, 3.63) is 76.8 Å². The van der Waals surface area contributed by atoms with Gasteiger partial charge in [0.05, 0.1) is 5.69 Å². The van der Waals surface area contributed by atoms with E-state index in [1.807, 2.05) is 49.6 Å². The number of hydrogen-bond donors (Lipinski definition) is 1. The molecule has 0 saturated heterocycles. The molecule has 0 fully saturated rings. The van der Waals surface area contributed by atoms with Crippen molar-refractivity contribution < 1.29 is 8.42 Å². The van der Waals surface area contributed by atoms with E-state index in [0.29, 0.717) is 11.4 Å². The number of aromatic nitrogens is 1. The molecule has 0 radical (unpaired) electrons. The van der Waals surface area contributed by atoms with Gasteiger partial charge < -0.3 is 5.32 Å². The molecule has 0 atom stereocenters. The van der Waals surface area contributed by atoms with E-state index < -0.39 is 10.0 Å². The molecular formula is C23H22N2O2S2. The molecular weight excluding hydrogens is 400 g/mol. The van der Waals surface area contributed by atoms with Gasteiger partial charge in [0, 0.05) is 33.8 Å². The fourth-order valence-electron chi connectivity index (χ4n) is 4.35. The van der Waals surface area contributed by atoms with Crippen LogP contribution in [0.1, 0.15) is 23.1 Å². The maximum Gasteiger partial charge on any atom is 0.269 e. The van der Waals surface area contributed by atoms with Crippen molar-refractivity contribution in [1.82, 2.24) is 9.29 Å². The van der Waals surface area contributed by atoms with Crippen LogP contribution in [0.15, 0.2) is 65.0 Å². The highest BCUT2D eigenvalue weighted by molar-refractivity contribution is 7.90. The van der Waals surface area contributed by atoms with Crippen LogP contribution >= 0.6 is 11.3 Å². The standard InChI is InChI=1S/C23H22N2O2S2/c1-24-13-17-14-25(23-18-9-3-2-7-16(18)8-6-11-19(17)23)29(26,27)22-15-28-21-12-5-4-10-20(21)22/h2-5,7,9-10,12,14-15,24H,6,8,11,13H2,1H3. The normalized spacial score (nSPS) is 13.8. The van der Waals surface area contributed by atoms with Gasteiger partial charge in [0.25, 0.3) is 10.0 Å². The number of aryl methyl sites for hydroxylation is 1. The van der Waals surface area contributed by atoms with Gasteiger partial charge in [-0.25, -0.2) is 12.4 Å². The first-order valence-electron chi connectivity index (χ1n) is 9.79. The van der Waals surface area contributed by atoms with E-state index in [9.17, 15) is 8.42 Å². The Morgan fingerprint density at radius 1 is 1.07 bits per heavy atom. The minimum atomic E-state index is -3.72. The second kappa shape index (κ2) is 7.13. The van der Waals surface area contributed by atoms with Crippen LogP contribution in [0.5, 0.6) is 0 Å². The summed E-state index contributed by atoms with van der Waals surface area (Å²) in [5.41, 5.74) is 5.28. The molecule has 4 aromatic rings. The van der Waals surface area contributed by atoms with Crippen LogP contribution < -0.4 is 5.32 Å². The summed E-state index contributed by atoms with van der Waals surface area (Å²) in [4.78, 5) is 0.383. The Bertz CT molecular complexity index is 1320. The molecule has 5 rings (SSSR count). The summed E-state index contributed by atoms with van der Waals surface area (Å²) in [5.74, 6) is 0. The molecule has 148 valence electrons. The van der Waals surface area contributed by atoms with E-state index in [-0.39, 0.29) is 0 Å². The molecule has 1 N–H and O–H groups in total. The molecule has 4 nitrogen and oxygen atoms in total. The third-order valence-electron chi connectivity index (χ3n) is 5.66. The molecule has 0 amide bonds. The SMILES string of the molecule is CNCc1cn(S(=O)(=O)c2csc3ccccc23)c2c1CCCc1ccccc1-2. The average molecular weight is 423 g/mol. The highest BCUT2D eigenvalue weighted by atomic mass is 32.2. The van der Waals surface area contributed by atoms with Crippen molar-refractivity contribution in [2.45, 2.75) is 30.7 Å². The number of fused-ring (bicyclic) bond motifs is 4. The van der Waals surface area contributed by atoms with Crippen molar-refractivity contribution in [1.29, 1.82) is 0 Å². The zero-order valence-electron chi connectivity index (χ0n) is 16.2. The summed E-state index contributed by atoms with van der Waals surface area (Å²) in [6.07, 6.45) is 4.69. The predicted octanol–water partition coefficient (Wildman–Crippen LogP) is 4.81. The van der Waals surface area contributed by atoms with Gasteiger partial charge in [0.15, 0.2) is 0 Å². The molecule has 6 heteroatoms. The number of hydrogen-bond acceptors (Lipinski definition) is 4. The highest BCUT2D eigenvalue weighted by Gasteiger charge is 2.29. The van der Waals surface area contributed by atoms with Crippen molar-refractivity contribution >= 4 is 31.4 Å². The third kappa shape index (κ3) is 2.94. The van der Waals surface area contributed by atoms with Gasteiger partial charge in [-0.05, 0) is 49.1 Å². The molecule has 2 aromatic heterocycles. The second-order valence-corrected chi connectivity index (χ2v) is 10.1. The lowest BCUT2D eigenvalue weighted by Gasteiger charge is -2.13. The minimum Gasteiger partial charge on any atom is -0.316 e. The van der Waals surface area contributed by atoms with Crippen molar-refractivity contribution in [3.8, 4) is 11.3 Å². The molecule has 2 heterocycles. The maximum atomic E-state index is 13.9. The van der Waals surface area contributed by atoms with Crippen molar-refractivity contribution in [3.63, 3.8) is 0 Å². The molecule has 2 aromatic carbocycles. The number of nitrogens with zero attached hydrogens (tertiary/aromatic N) is 1. The van der Waals surface area contributed by atoms with Crippen LogP contribution in [-0.4, -0.2) is 19.4 Å².